The van der Waals surface area contributed by atoms with Gasteiger partial charge in [0.1, 0.15) is 5.82 Å². The van der Waals surface area contributed by atoms with Gasteiger partial charge >= 0.3 is 0 Å². The van der Waals surface area contributed by atoms with E-state index in [1.54, 1.807) is 6.20 Å². The lowest BCUT2D eigenvalue weighted by molar-refractivity contribution is 0.358. The second-order valence-electron chi connectivity index (χ2n) is 6.78. The average Bonchev–Trinajstić information content (AvgIpc) is 3.12. The first-order chi connectivity index (χ1) is 12.8. The summed E-state index contributed by atoms with van der Waals surface area (Å²) >= 11 is 0. The van der Waals surface area contributed by atoms with Gasteiger partial charge in [0.25, 0.3) is 0 Å². The second-order valence-corrected chi connectivity index (χ2v) is 6.78. The van der Waals surface area contributed by atoms with E-state index in [9.17, 15) is 0 Å². The van der Waals surface area contributed by atoms with Gasteiger partial charge in [0.15, 0.2) is 17.0 Å². The lowest BCUT2D eigenvalue weighted by Crippen LogP contribution is -2.13. The maximum absolute atomic E-state index is 4.77. The molecule has 1 aliphatic carbocycles. The first kappa shape index (κ1) is 16.8. The van der Waals surface area contributed by atoms with Crippen LogP contribution in [0.1, 0.15) is 51.5 Å². The molecule has 0 aliphatic heterocycles. The van der Waals surface area contributed by atoms with Crippen LogP contribution in [0.15, 0.2) is 30.7 Å². The molecule has 7 nitrogen and oxygen atoms in total. The van der Waals surface area contributed by atoms with Gasteiger partial charge in [-0.25, -0.2) is 9.97 Å². The maximum Gasteiger partial charge on any atom is 0.232 e. The third-order valence-electron chi connectivity index (χ3n) is 4.84. The molecule has 0 atom stereocenters. The average molecular weight is 351 g/mol. The lowest BCUT2D eigenvalue weighted by Gasteiger charge is -2.23. The van der Waals surface area contributed by atoms with Gasteiger partial charge in [-0.2, -0.15) is 9.97 Å². The van der Waals surface area contributed by atoms with Crippen molar-refractivity contribution in [1.29, 1.82) is 0 Å². The normalized spacial score (nSPS) is 15.3. The van der Waals surface area contributed by atoms with Crippen LogP contribution in [0, 0.1) is 0 Å². The van der Waals surface area contributed by atoms with Crippen LogP contribution in [0.3, 0.4) is 0 Å². The number of nitrogens with one attached hydrogen (secondary N) is 2. The van der Waals surface area contributed by atoms with Crippen molar-refractivity contribution < 1.29 is 0 Å². The van der Waals surface area contributed by atoms with Gasteiger partial charge in [-0.3, -0.25) is 0 Å². The van der Waals surface area contributed by atoms with E-state index >= 15 is 0 Å². The summed E-state index contributed by atoms with van der Waals surface area (Å²) in [5, 5.41) is 6.61. The summed E-state index contributed by atoms with van der Waals surface area (Å²) in [7, 11) is 0. The number of fused-ring (bicyclic) bond motifs is 1. The zero-order valence-electron chi connectivity index (χ0n) is 15.1. The van der Waals surface area contributed by atoms with Crippen molar-refractivity contribution in [3.8, 4) is 0 Å². The van der Waals surface area contributed by atoms with Gasteiger partial charge in [0.05, 0.1) is 6.33 Å². The molecule has 0 aromatic carbocycles. The van der Waals surface area contributed by atoms with Gasteiger partial charge in [-0.05, 0) is 31.4 Å². The van der Waals surface area contributed by atoms with Crippen LogP contribution in [0.2, 0.25) is 0 Å². The number of hydrogen-bond acceptors (Lipinski definition) is 6. The molecule has 1 aliphatic rings. The first-order valence-electron chi connectivity index (χ1n) is 9.51. The van der Waals surface area contributed by atoms with E-state index in [0.29, 0.717) is 12.0 Å². The topological polar surface area (TPSA) is 80.6 Å². The fourth-order valence-corrected chi connectivity index (χ4v) is 3.52. The highest BCUT2D eigenvalue weighted by Crippen LogP contribution is 2.32. The highest BCUT2D eigenvalue weighted by molar-refractivity contribution is 5.84. The third-order valence-corrected chi connectivity index (χ3v) is 4.84. The fraction of sp³-hybridized carbons (Fsp3) is 0.474. The zero-order valence-corrected chi connectivity index (χ0v) is 15.1. The quantitative estimate of drug-likeness (QED) is 0.689. The minimum absolute atomic E-state index is 0.477. The molecule has 4 rings (SSSR count). The Morgan fingerprint density at radius 2 is 2.00 bits per heavy atom. The molecule has 0 radical (unpaired) electrons. The van der Waals surface area contributed by atoms with Crippen molar-refractivity contribution in [2.45, 2.75) is 51.5 Å². The molecule has 1 fully saturated rings. The summed E-state index contributed by atoms with van der Waals surface area (Å²) in [5.74, 6) is 2.06. The van der Waals surface area contributed by atoms with Crippen LogP contribution in [0.4, 0.5) is 17.6 Å². The minimum Gasteiger partial charge on any atom is -0.368 e. The molecule has 0 spiro atoms. The smallest absolute Gasteiger partial charge is 0.232 e. The van der Waals surface area contributed by atoms with E-state index < -0.39 is 0 Å². The van der Waals surface area contributed by atoms with Crippen LogP contribution >= 0.6 is 0 Å². The van der Waals surface area contributed by atoms with Crippen LogP contribution in [-0.2, 0) is 0 Å². The van der Waals surface area contributed by atoms with E-state index in [1.807, 2.05) is 24.5 Å². The summed E-state index contributed by atoms with van der Waals surface area (Å²) < 4.78 is 2.23. The van der Waals surface area contributed by atoms with Crippen LogP contribution < -0.4 is 10.6 Å². The molecule has 26 heavy (non-hydrogen) atoms. The van der Waals surface area contributed by atoms with Crippen LogP contribution in [0.25, 0.3) is 11.2 Å². The third kappa shape index (κ3) is 3.47. The maximum atomic E-state index is 4.77. The van der Waals surface area contributed by atoms with Gasteiger partial charge in [0.2, 0.25) is 5.95 Å². The molecule has 3 aromatic heterocycles. The molecule has 136 valence electrons. The number of imidazole rings is 1. The number of aromatic nitrogens is 5. The molecule has 1 saturated carbocycles. The lowest BCUT2D eigenvalue weighted by atomic mass is 9.95. The number of pyridine rings is 1. The summed E-state index contributed by atoms with van der Waals surface area (Å²) in [6.07, 6.45) is 11.0. The van der Waals surface area contributed by atoms with Crippen molar-refractivity contribution >= 4 is 28.7 Å². The van der Waals surface area contributed by atoms with Gasteiger partial charge in [0, 0.05) is 18.8 Å². The molecular weight excluding hydrogens is 326 g/mol. The Morgan fingerprint density at radius 3 is 2.77 bits per heavy atom. The summed E-state index contributed by atoms with van der Waals surface area (Å²) in [5.41, 5.74) is 1.74. The highest BCUT2D eigenvalue weighted by Gasteiger charge is 2.20. The predicted octanol–water partition coefficient (Wildman–Crippen LogP) is 4.29. The van der Waals surface area contributed by atoms with E-state index in [0.717, 1.165) is 35.8 Å². The molecule has 7 heteroatoms. The Morgan fingerprint density at radius 1 is 1.12 bits per heavy atom. The first-order valence-corrected chi connectivity index (χ1v) is 9.51. The standard InChI is InChI=1S/C19H25N7/c1-2-11-21-17-16-18(26(13-22-16)14-8-4-3-5-9-14)25-19(24-17)23-15-10-6-7-12-20-15/h6-7,10,12-14H,2-5,8-9,11H2,1H3,(H2,20,21,23,24,25). The zero-order chi connectivity index (χ0) is 17.8. The number of rotatable bonds is 6. The van der Waals surface area contributed by atoms with Crippen molar-refractivity contribution in [2.24, 2.45) is 0 Å². The molecule has 0 saturated heterocycles. The van der Waals surface area contributed by atoms with Crippen LogP contribution in [0.5, 0.6) is 0 Å². The molecule has 0 bridgehead atoms. The van der Waals surface area contributed by atoms with Gasteiger partial charge in [-0.1, -0.05) is 32.3 Å². The Bertz CT molecular complexity index is 853. The molecule has 0 unspecified atom stereocenters. The Kier molecular flexibility index (Phi) is 4.95. The number of nitrogens with zero attached hydrogens (tertiary/aromatic N) is 5. The fourth-order valence-electron chi connectivity index (χ4n) is 3.52. The van der Waals surface area contributed by atoms with E-state index in [2.05, 4.69) is 37.1 Å². The molecule has 2 N–H and O–H groups in total. The van der Waals surface area contributed by atoms with E-state index in [1.165, 1.54) is 32.1 Å². The SMILES string of the molecule is CCCNc1nc(Nc2ccccn2)nc2c1ncn2C1CCCCC1. The summed E-state index contributed by atoms with van der Waals surface area (Å²) in [6, 6.07) is 6.22. The summed E-state index contributed by atoms with van der Waals surface area (Å²) in [6.45, 7) is 2.99. The number of hydrogen-bond donors (Lipinski definition) is 2. The Labute approximate surface area is 153 Å². The van der Waals surface area contributed by atoms with Crippen molar-refractivity contribution in [2.75, 3.05) is 17.2 Å². The molecule has 3 heterocycles. The molecular formula is C19H25N7. The van der Waals surface area contributed by atoms with E-state index in [4.69, 9.17) is 4.98 Å². The van der Waals surface area contributed by atoms with Crippen LogP contribution in [-0.4, -0.2) is 31.0 Å². The van der Waals surface area contributed by atoms with Crippen molar-refractivity contribution in [3.05, 3.63) is 30.7 Å². The highest BCUT2D eigenvalue weighted by atomic mass is 15.2. The second kappa shape index (κ2) is 7.68. The monoisotopic (exact) mass is 351 g/mol. The number of anilines is 3. The molecule has 3 aromatic rings. The minimum atomic E-state index is 0.477. The Hall–Kier alpha value is -2.70. The van der Waals surface area contributed by atoms with Crippen molar-refractivity contribution in [3.63, 3.8) is 0 Å². The van der Waals surface area contributed by atoms with E-state index in [-0.39, 0.29) is 0 Å². The van der Waals surface area contributed by atoms with Gasteiger partial charge < -0.3 is 15.2 Å². The largest absolute Gasteiger partial charge is 0.368 e. The Balaban J connectivity index is 1.73. The molecule has 0 amide bonds. The van der Waals surface area contributed by atoms with Gasteiger partial charge in [-0.15, -0.1) is 0 Å². The predicted molar refractivity (Wildman–Crippen MR) is 104 cm³/mol. The van der Waals surface area contributed by atoms with Crippen molar-refractivity contribution in [1.82, 2.24) is 24.5 Å². The summed E-state index contributed by atoms with van der Waals surface area (Å²) in [4.78, 5) is 18.4.